The van der Waals surface area contributed by atoms with Gasteiger partial charge in [-0.25, -0.2) is 0 Å². The summed E-state index contributed by atoms with van der Waals surface area (Å²) < 4.78 is 0. The van der Waals surface area contributed by atoms with Gasteiger partial charge in [0.2, 0.25) is 0 Å². The molecular weight excluding hydrogens is 228 g/mol. The van der Waals surface area contributed by atoms with Crippen molar-refractivity contribution in [2.45, 2.75) is 24.8 Å². The van der Waals surface area contributed by atoms with E-state index in [-0.39, 0.29) is 0 Å². The summed E-state index contributed by atoms with van der Waals surface area (Å²) in [6.07, 6.45) is 1.09. The molecule has 0 N–H and O–H groups in total. The maximum Gasteiger partial charge on any atom is 0.133 e. The highest BCUT2D eigenvalue weighted by Crippen LogP contribution is 2.32. The normalized spacial score (nSPS) is 23.1. The van der Waals surface area contributed by atoms with Gasteiger partial charge in [0.05, 0.1) is 6.07 Å². The molecule has 1 aromatic heterocycles. The molecule has 0 aromatic carbocycles. The van der Waals surface area contributed by atoms with Crippen LogP contribution in [0.1, 0.15) is 23.4 Å². The van der Waals surface area contributed by atoms with Crippen LogP contribution in [0.3, 0.4) is 0 Å². The smallest absolute Gasteiger partial charge is 0.133 e. The number of hydrogen-bond donors (Lipinski definition) is 0. The van der Waals surface area contributed by atoms with Gasteiger partial charge >= 0.3 is 0 Å². The first-order chi connectivity index (χ1) is 7.22. The summed E-state index contributed by atoms with van der Waals surface area (Å²) in [6.45, 7) is 3.86. The minimum atomic E-state index is -0.396. The third-order valence-electron chi connectivity index (χ3n) is 2.94. The number of rotatable bonds is 2. The van der Waals surface area contributed by atoms with E-state index >= 15 is 0 Å². The second-order valence-corrected chi connectivity index (χ2v) is 5.34. The van der Waals surface area contributed by atoms with Crippen LogP contribution in [0.15, 0.2) is 11.4 Å². The molecule has 2 atom stereocenters. The molecule has 80 valence electrons. The van der Waals surface area contributed by atoms with Gasteiger partial charge < -0.3 is 0 Å². The SMILES string of the molecule is CC1c2ccsc2CCN1CC(Cl)C#N. The first-order valence-electron chi connectivity index (χ1n) is 5.06. The van der Waals surface area contributed by atoms with Crippen molar-refractivity contribution in [3.8, 4) is 6.07 Å². The summed E-state index contributed by atoms with van der Waals surface area (Å²) >= 11 is 7.70. The quantitative estimate of drug-likeness (QED) is 0.744. The first-order valence-corrected chi connectivity index (χ1v) is 6.38. The number of alkyl halides is 1. The van der Waals surface area contributed by atoms with E-state index in [0.717, 1.165) is 13.0 Å². The fourth-order valence-electron chi connectivity index (χ4n) is 2.06. The van der Waals surface area contributed by atoms with Gasteiger partial charge in [-0.2, -0.15) is 5.26 Å². The highest BCUT2D eigenvalue weighted by molar-refractivity contribution is 7.10. The molecule has 1 aliphatic heterocycles. The second kappa shape index (κ2) is 4.52. The average Bonchev–Trinajstić information content (AvgIpc) is 2.70. The maximum atomic E-state index is 8.70. The lowest BCUT2D eigenvalue weighted by molar-refractivity contribution is 0.206. The Morgan fingerprint density at radius 2 is 2.60 bits per heavy atom. The largest absolute Gasteiger partial charge is 0.294 e. The number of halogens is 1. The topological polar surface area (TPSA) is 27.0 Å². The zero-order chi connectivity index (χ0) is 10.8. The van der Waals surface area contributed by atoms with Crippen molar-refractivity contribution in [1.29, 1.82) is 5.26 Å². The Labute approximate surface area is 99.1 Å². The van der Waals surface area contributed by atoms with E-state index in [4.69, 9.17) is 16.9 Å². The zero-order valence-corrected chi connectivity index (χ0v) is 10.2. The van der Waals surface area contributed by atoms with Gasteiger partial charge in [0.25, 0.3) is 0 Å². The van der Waals surface area contributed by atoms with Crippen LogP contribution in [0.2, 0.25) is 0 Å². The van der Waals surface area contributed by atoms with E-state index in [9.17, 15) is 0 Å². The van der Waals surface area contributed by atoms with Gasteiger partial charge in [-0.1, -0.05) is 0 Å². The predicted molar refractivity (Wildman–Crippen MR) is 63.3 cm³/mol. The zero-order valence-electron chi connectivity index (χ0n) is 8.61. The maximum absolute atomic E-state index is 8.70. The molecule has 0 amide bonds. The van der Waals surface area contributed by atoms with E-state index in [1.807, 2.05) is 11.3 Å². The van der Waals surface area contributed by atoms with E-state index in [1.54, 1.807) is 0 Å². The summed E-state index contributed by atoms with van der Waals surface area (Å²) in [6, 6.07) is 4.66. The monoisotopic (exact) mass is 240 g/mol. The number of hydrogen-bond acceptors (Lipinski definition) is 3. The van der Waals surface area contributed by atoms with Crippen molar-refractivity contribution in [2.75, 3.05) is 13.1 Å². The molecule has 0 saturated carbocycles. The Morgan fingerprint density at radius 1 is 1.80 bits per heavy atom. The lowest BCUT2D eigenvalue weighted by Gasteiger charge is -2.33. The van der Waals surface area contributed by atoms with Gasteiger partial charge in [0.15, 0.2) is 0 Å². The molecule has 1 aromatic rings. The van der Waals surface area contributed by atoms with E-state index < -0.39 is 5.38 Å². The van der Waals surface area contributed by atoms with Crippen molar-refractivity contribution in [3.63, 3.8) is 0 Å². The summed E-state index contributed by atoms with van der Waals surface area (Å²) in [4.78, 5) is 3.78. The van der Waals surface area contributed by atoms with E-state index in [0.29, 0.717) is 12.6 Å². The number of fused-ring (bicyclic) bond motifs is 1. The van der Waals surface area contributed by atoms with Crippen molar-refractivity contribution in [1.82, 2.24) is 4.90 Å². The molecule has 2 rings (SSSR count). The first kappa shape index (κ1) is 10.9. The van der Waals surface area contributed by atoms with Gasteiger partial charge in [0, 0.05) is 24.0 Å². The standard InChI is InChI=1S/C11H13ClN2S/c1-8-10-3-5-15-11(10)2-4-14(8)7-9(12)6-13/h3,5,8-9H,2,4,7H2,1H3. The Balaban J connectivity index is 2.10. The summed E-state index contributed by atoms with van der Waals surface area (Å²) in [5, 5.41) is 10.5. The van der Waals surface area contributed by atoms with Crippen LogP contribution in [0.5, 0.6) is 0 Å². The lowest BCUT2D eigenvalue weighted by Crippen LogP contribution is -2.36. The molecule has 1 aliphatic rings. The van der Waals surface area contributed by atoms with Crippen LogP contribution in [0.4, 0.5) is 0 Å². The summed E-state index contributed by atoms with van der Waals surface area (Å²) in [5.74, 6) is 0. The molecule has 0 radical (unpaired) electrons. The molecule has 0 aliphatic carbocycles. The Hall–Kier alpha value is -0.560. The van der Waals surface area contributed by atoms with Gasteiger partial charge in [-0.15, -0.1) is 22.9 Å². The molecule has 2 heterocycles. The number of nitrogens with zero attached hydrogens (tertiary/aromatic N) is 2. The predicted octanol–water partition coefficient (Wildman–Crippen LogP) is 2.80. The lowest BCUT2D eigenvalue weighted by atomic mass is 10.0. The third kappa shape index (κ3) is 2.17. The van der Waals surface area contributed by atoms with Crippen LogP contribution >= 0.6 is 22.9 Å². The van der Waals surface area contributed by atoms with Crippen molar-refractivity contribution in [3.05, 3.63) is 21.9 Å². The molecule has 2 unspecified atom stereocenters. The molecule has 4 heteroatoms. The van der Waals surface area contributed by atoms with Gasteiger partial charge in [0.1, 0.15) is 5.38 Å². The van der Waals surface area contributed by atoms with Crippen LogP contribution in [0.25, 0.3) is 0 Å². The molecular formula is C11H13ClN2S. The minimum absolute atomic E-state index is 0.396. The number of nitriles is 1. The van der Waals surface area contributed by atoms with E-state index in [2.05, 4.69) is 29.3 Å². The van der Waals surface area contributed by atoms with Crippen LogP contribution in [-0.4, -0.2) is 23.4 Å². The Bertz CT molecular complexity index is 382. The third-order valence-corrected chi connectivity index (χ3v) is 4.17. The van der Waals surface area contributed by atoms with Gasteiger partial charge in [-0.05, 0) is 30.4 Å². The van der Waals surface area contributed by atoms with Crippen molar-refractivity contribution in [2.24, 2.45) is 0 Å². The second-order valence-electron chi connectivity index (χ2n) is 3.82. The Morgan fingerprint density at radius 3 is 3.33 bits per heavy atom. The molecule has 0 bridgehead atoms. The fourth-order valence-corrected chi connectivity index (χ4v) is 3.20. The fraction of sp³-hybridized carbons (Fsp3) is 0.545. The summed E-state index contributed by atoms with van der Waals surface area (Å²) in [5.41, 5.74) is 1.41. The molecule has 0 saturated heterocycles. The van der Waals surface area contributed by atoms with Crippen LogP contribution < -0.4 is 0 Å². The minimum Gasteiger partial charge on any atom is -0.294 e. The molecule has 15 heavy (non-hydrogen) atoms. The van der Waals surface area contributed by atoms with E-state index in [1.165, 1.54) is 10.4 Å². The Kier molecular flexibility index (Phi) is 3.30. The summed E-state index contributed by atoms with van der Waals surface area (Å²) in [7, 11) is 0. The highest BCUT2D eigenvalue weighted by Gasteiger charge is 2.25. The van der Waals surface area contributed by atoms with Crippen LogP contribution in [-0.2, 0) is 6.42 Å². The highest BCUT2D eigenvalue weighted by atomic mass is 35.5. The molecule has 2 nitrogen and oxygen atoms in total. The van der Waals surface area contributed by atoms with Crippen molar-refractivity contribution < 1.29 is 0 Å². The molecule has 0 fully saturated rings. The molecule has 0 spiro atoms. The average molecular weight is 241 g/mol. The number of thiophene rings is 1. The van der Waals surface area contributed by atoms with Crippen molar-refractivity contribution >= 4 is 22.9 Å². The van der Waals surface area contributed by atoms with Gasteiger partial charge in [-0.3, -0.25) is 4.90 Å². The van der Waals surface area contributed by atoms with Crippen LogP contribution in [0, 0.1) is 11.3 Å².